The summed E-state index contributed by atoms with van der Waals surface area (Å²) in [5.41, 5.74) is 5.88. The standard InChI is InChI=1S/C15H32N4/c1-12(2)8-17-15(16)18-9-14-6-5-7-19(11-14)10-13(3)4/h12-14H,5-11H2,1-4H3,(H3,16,17,18). The lowest BCUT2D eigenvalue weighted by Crippen LogP contribution is -2.43. The molecule has 1 aliphatic heterocycles. The van der Waals surface area contributed by atoms with Crippen LogP contribution in [0.15, 0.2) is 4.99 Å². The van der Waals surface area contributed by atoms with Crippen molar-refractivity contribution in [2.75, 3.05) is 32.7 Å². The third-order valence-electron chi connectivity index (χ3n) is 3.43. The Morgan fingerprint density at radius 1 is 1.32 bits per heavy atom. The van der Waals surface area contributed by atoms with Gasteiger partial charge in [-0.05, 0) is 37.1 Å². The number of piperidine rings is 1. The number of nitrogens with zero attached hydrogens (tertiary/aromatic N) is 2. The second-order valence-electron chi connectivity index (χ2n) is 6.66. The number of hydrogen-bond donors (Lipinski definition) is 2. The maximum Gasteiger partial charge on any atom is 0.188 e. The summed E-state index contributed by atoms with van der Waals surface area (Å²) in [6.07, 6.45) is 2.61. The fourth-order valence-corrected chi connectivity index (χ4v) is 2.59. The van der Waals surface area contributed by atoms with Crippen LogP contribution in [0.25, 0.3) is 0 Å². The lowest BCUT2D eigenvalue weighted by molar-refractivity contribution is 0.159. The topological polar surface area (TPSA) is 53.6 Å². The number of nitrogens with one attached hydrogen (secondary N) is 1. The summed E-state index contributed by atoms with van der Waals surface area (Å²) in [7, 11) is 0. The molecule has 1 saturated heterocycles. The van der Waals surface area contributed by atoms with Crippen LogP contribution in [0.1, 0.15) is 40.5 Å². The first kappa shape index (κ1) is 16.3. The van der Waals surface area contributed by atoms with Gasteiger partial charge in [0.25, 0.3) is 0 Å². The van der Waals surface area contributed by atoms with E-state index in [0.29, 0.717) is 17.8 Å². The number of likely N-dealkylation sites (tertiary alicyclic amines) is 1. The van der Waals surface area contributed by atoms with Gasteiger partial charge in [-0.15, -0.1) is 0 Å². The minimum Gasteiger partial charge on any atom is -0.370 e. The number of aliphatic imine (C=N–C) groups is 1. The van der Waals surface area contributed by atoms with Crippen molar-refractivity contribution >= 4 is 5.96 Å². The normalized spacial score (nSPS) is 22.2. The van der Waals surface area contributed by atoms with Crippen molar-refractivity contribution < 1.29 is 0 Å². The zero-order valence-electron chi connectivity index (χ0n) is 13.2. The van der Waals surface area contributed by atoms with E-state index in [0.717, 1.165) is 19.0 Å². The summed E-state index contributed by atoms with van der Waals surface area (Å²) in [6.45, 7) is 14.3. The van der Waals surface area contributed by atoms with Crippen molar-refractivity contribution in [1.29, 1.82) is 0 Å². The molecule has 4 nitrogen and oxygen atoms in total. The van der Waals surface area contributed by atoms with Gasteiger partial charge in [0.1, 0.15) is 0 Å². The predicted molar refractivity (Wildman–Crippen MR) is 83.3 cm³/mol. The largest absolute Gasteiger partial charge is 0.370 e. The molecule has 0 aromatic rings. The summed E-state index contributed by atoms with van der Waals surface area (Å²) < 4.78 is 0. The maximum absolute atomic E-state index is 5.88. The van der Waals surface area contributed by atoms with Crippen LogP contribution in [0.3, 0.4) is 0 Å². The van der Waals surface area contributed by atoms with E-state index in [1.54, 1.807) is 0 Å². The number of guanidine groups is 1. The van der Waals surface area contributed by atoms with Crippen LogP contribution in [-0.4, -0.2) is 43.6 Å². The molecule has 0 amide bonds. The molecule has 1 fully saturated rings. The molecular weight excluding hydrogens is 236 g/mol. The molecule has 0 bridgehead atoms. The van der Waals surface area contributed by atoms with E-state index in [1.165, 1.54) is 32.5 Å². The Bertz CT molecular complexity index is 273. The Morgan fingerprint density at radius 3 is 2.68 bits per heavy atom. The first-order valence-corrected chi connectivity index (χ1v) is 7.73. The van der Waals surface area contributed by atoms with Crippen LogP contribution >= 0.6 is 0 Å². The highest BCUT2D eigenvalue weighted by atomic mass is 15.1. The van der Waals surface area contributed by atoms with Gasteiger partial charge in [-0.2, -0.15) is 0 Å². The van der Waals surface area contributed by atoms with Crippen LogP contribution in [0.2, 0.25) is 0 Å². The molecule has 19 heavy (non-hydrogen) atoms. The summed E-state index contributed by atoms with van der Waals surface area (Å²) >= 11 is 0. The Balaban J connectivity index is 2.26. The van der Waals surface area contributed by atoms with Gasteiger partial charge in [-0.1, -0.05) is 27.7 Å². The van der Waals surface area contributed by atoms with E-state index in [4.69, 9.17) is 5.73 Å². The highest BCUT2D eigenvalue weighted by Gasteiger charge is 2.20. The summed E-state index contributed by atoms with van der Waals surface area (Å²) in [4.78, 5) is 6.93. The first-order chi connectivity index (χ1) is 8.97. The van der Waals surface area contributed by atoms with Crippen molar-refractivity contribution in [2.45, 2.75) is 40.5 Å². The third-order valence-corrected chi connectivity index (χ3v) is 3.43. The molecule has 0 spiro atoms. The molecule has 3 N–H and O–H groups in total. The average molecular weight is 268 g/mol. The van der Waals surface area contributed by atoms with Crippen molar-refractivity contribution in [3.8, 4) is 0 Å². The van der Waals surface area contributed by atoms with Gasteiger partial charge in [0, 0.05) is 26.2 Å². The second kappa shape index (κ2) is 8.41. The van der Waals surface area contributed by atoms with Crippen LogP contribution in [-0.2, 0) is 0 Å². The van der Waals surface area contributed by atoms with E-state index < -0.39 is 0 Å². The highest BCUT2D eigenvalue weighted by Crippen LogP contribution is 2.16. The maximum atomic E-state index is 5.88. The smallest absolute Gasteiger partial charge is 0.188 e. The number of hydrogen-bond acceptors (Lipinski definition) is 2. The summed E-state index contributed by atoms with van der Waals surface area (Å²) in [6, 6.07) is 0. The molecule has 0 aromatic carbocycles. The lowest BCUT2D eigenvalue weighted by atomic mass is 9.97. The molecular formula is C15H32N4. The SMILES string of the molecule is CC(C)CN=C(N)NCC1CCCN(CC(C)C)C1. The van der Waals surface area contributed by atoms with Gasteiger partial charge in [-0.3, -0.25) is 4.99 Å². The molecule has 4 heteroatoms. The van der Waals surface area contributed by atoms with Crippen LogP contribution in [0, 0.1) is 17.8 Å². The molecule has 1 rings (SSSR count). The fourth-order valence-electron chi connectivity index (χ4n) is 2.59. The quantitative estimate of drug-likeness (QED) is 0.571. The van der Waals surface area contributed by atoms with E-state index in [1.807, 2.05) is 0 Å². The van der Waals surface area contributed by atoms with Crippen LogP contribution < -0.4 is 11.1 Å². The van der Waals surface area contributed by atoms with Gasteiger partial charge >= 0.3 is 0 Å². The van der Waals surface area contributed by atoms with Crippen molar-refractivity contribution in [2.24, 2.45) is 28.5 Å². The number of nitrogens with two attached hydrogens (primary N) is 1. The minimum atomic E-state index is 0.566. The predicted octanol–water partition coefficient (Wildman–Crippen LogP) is 1.91. The van der Waals surface area contributed by atoms with Crippen LogP contribution in [0.5, 0.6) is 0 Å². The lowest BCUT2D eigenvalue weighted by Gasteiger charge is -2.33. The molecule has 0 aliphatic carbocycles. The average Bonchev–Trinajstić information content (AvgIpc) is 2.33. The Labute approximate surface area is 118 Å². The third kappa shape index (κ3) is 7.41. The zero-order chi connectivity index (χ0) is 14.3. The van der Waals surface area contributed by atoms with Crippen molar-refractivity contribution in [3.05, 3.63) is 0 Å². The summed E-state index contributed by atoms with van der Waals surface area (Å²) in [5.74, 6) is 2.64. The van der Waals surface area contributed by atoms with Gasteiger partial charge in [-0.25, -0.2) is 0 Å². The molecule has 1 unspecified atom stereocenters. The highest BCUT2D eigenvalue weighted by molar-refractivity contribution is 5.77. The zero-order valence-corrected chi connectivity index (χ0v) is 13.2. The van der Waals surface area contributed by atoms with Gasteiger partial charge in [0.2, 0.25) is 0 Å². The molecule has 112 valence electrons. The Kier molecular flexibility index (Phi) is 7.21. The Hall–Kier alpha value is -0.770. The van der Waals surface area contributed by atoms with E-state index in [2.05, 4.69) is 42.9 Å². The Morgan fingerprint density at radius 2 is 2.05 bits per heavy atom. The van der Waals surface area contributed by atoms with Crippen molar-refractivity contribution in [3.63, 3.8) is 0 Å². The number of rotatable bonds is 6. The van der Waals surface area contributed by atoms with E-state index >= 15 is 0 Å². The first-order valence-electron chi connectivity index (χ1n) is 7.73. The fraction of sp³-hybridized carbons (Fsp3) is 0.933. The molecule has 0 aromatic heterocycles. The monoisotopic (exact) mass is 268 g/mol. The van der Waals surface area contributed by atoms with Gasteiger partial charge in [0.15, 0.2) is 5.96 Å². The summed E-state index contributed by atoms with van der Waals surface area (Å²) in [5, 5.41) is 3.28. The molecule has 1 aliphatic rings. The molecule has 0 saturated carbocycles. The van der Waals surface area contributed by atoms with E-state index in [9.17, 15) is 0 Å². The molecule has 1 atom stereocenters. The minimum absolute atomic E-state index is 0.566. The second-order valence-corrected chi connectivity index (χ2v) is 6.66. The van der Waals surface area contributed by atoms with Crippen molar-refractivity contribution in [1.82, 2.24) is 10.2 Å². The van der Waals surface area contributed by atoms with Gasteiger partial charge < -0.3 is 16.0 Å². The van der Waals surface area contributed by atoms with E-state index in [-0.39, 0.29) is 0 Å². The van der Waals surface area contributed by atoms with Gasteiger partial charge in [0.05, 0.1) is 0 Å². The molecule has 0 radical (unpaired) electrons. The van der Waals surface area contributed by atoms with Crippen LogP contribution in [0.4, 0.5) is 0 Å². The molecule has 1 heterocycles.